The van der Waals surface area contributed by atoms with Gasteiger partial charge in [0.05, 0.1) is 18.8 Å². The number of carbonyl (C=O) groups excluding carboxylic acids is 4. The summed E-state index contributed by atoms with van der Waals surface area (Å²) in [5.74, 6) is -1.82. The van der Waals surface area contributed by atoms with Crippen molar-refractivity contribution in [2.24, 2.45) is 46.3 Å². The van der Waals surface area contributed by atoms with Crippen LogP contribution in [0.5, 0.6) is 0 Å². The minimum atomic E-state index is -6.59. The van der Waals surface area contributed by atoms with E-state index in [0.29, 0.717) is 70.1 Å². The molecule has 18 heteroatoms. The quantitative estimate of drug-likeness (QED) is 0.0864. The fourth-order valence-corrected chi connectivity index (χ4v) is 11.1. The van der Waals surface area contributed by atoms with Gasteiger partial charge in [0.1, 0.15) is 18.3 Å². The van der Waals surface area contributed by atoms with Gasteiger partial charge in [0.2, 0.25) is 0 Å². The van der Waals surface area contributed by atoms with Gasteiger partial charge >= 0.3 is 27.5 Å². The summed E-state index contributed by atoms with van der Waals surface area (Å²) in [5, 5.41) is -5.85. The Morgan fingerprint density at radius 3 is 2.25 bits per heavy atom. The average Bonchev–Trinajstić information content (AvgIpc) is 3.36. The third-order valence-corrected chi connectivity index (χ3v) is 13.8. The minimum Gasteiger partial charge on any atom is -0.497 e. The molecule has 0 aromatic rings. The Bertz CT molecular complexity index is 1500. The average molecular weight is 759 g/mol. The number of rotatable bonds is 13. The summed E-state index contributed by atoms with van der Waals surface area (Å²) in [7, 11) is -6.59. The molecule has 5 aliphatic carbocycles. The zero-order chi connectivity index (χ0) is 37.7. The van der Waals surface area contributed by atoms with Gasteiger partial charge in [0.15, 0.2) is 0 Å². The summed E-state index contributed by atoms with van der Waals surface area (Å²) in [5.41, 5.74) is -0.0472. The molecule has 4 fully saturated rings. The molecule has 12 nitrogen and oxygen atoms in total. The van der Waals surface area contributed by atoms with E-state index in [1.54, 1.807) is 0 Å². The molecular formula is C33H43F5O12S. The highest BCUT2D eigenvalue weighted by Gasteiger charge is 2.69. The summed E-state index contributed by atoms with van der Waals surface area (Å²) >= 11 is 0. The van der Waals surface area contributed by atoms with Crippen LogP contribution in [0.2, 0.25) is 0 Å². The molecule has 5 rings (SSSR count). The molecule has 0 bridgehead atoms. The second kappa shape index (κ2) is 14.1. The molecule has 0 saturated heterocycles. The fraction of sp³-hybridized carbons (Fsp3) is 0.818. The Balaban J connectivity index is 1.42. The molecule has 0 radical (unpaired) electrons. The van der Waals surface area contributed by atoms with Gasteiger partial charge in [0, 0.05) is 17.8 Å². The van der Waals surface area contributed by atoms with E-state index >= 15 is 0 Å². The monoisotopic (exact) mass is 758 g/mol. The summed E-state index contributed by atoms with van der Waals surface area (Å²) in [6, 6.07) is 0. The van der Waals surface area contributed by atoms with Crippen LogP contribution in [0, 0.1) is 46.3 Å². The summed E-state index contributed by atoms with van der Waals surface area (Å²) in [6.45, 7) is 7.02. The number of allylic oxidation sites excluding steroid dienone is 2. The number of alkyl halides is 5. The standard InChI is InChI=1S/C33H43F5O12S/c1-17-4-5-23(46-9-7-26(42)50-29(32(34,35)36)33(37,38)51(43,44)45)20-12-22-27-21(13-25(49-16-41)31(22,3)28(17)20)30(2)8-6-19(47-14-39)10-18(30)11-24(27)48-15-40/h14-19,21-22,24-25,27-29H,4-13H2,1-3H3,(H,43,44,45)/t17-,18+,19?,21+,22+,24?,25?,27-,28+,29?,30+,31-/m1/s1. The first kappa shape index (κ1) is 39.2. The van der Waals surface area contributed by atoms with E-state index in [1.165, 1.54) is 0 Å². The summed E-state index contributed by atoms with van der Waals surface area (Å²) in [6.07, 6.45) is -8.26. The SMILES string of the molecule is C[C@@H]1CCC(OCCC(=O)OC(C(F)(F)F)C(F)(F)S(=O)(=O)O)=C2C[C@H]3[C@@H]4C(OC=O)C[C@@H]5CC(OC=O)CC[C@]5(C)[C@H]4CC(OC=O)[C@]3(C)[C@H]21. The molecule has 0 aliphatic heterocycles. The first-order chi connectivity index (χ1) is 23.7. The number of esters is 1. The summed E-state index contributed by atoms with van der Waals surface area (Å²) in [4.78, 5) is 47.3. The Morgan fingerprint density at radius 1 is 0.980 bits per heavy atom. The van der Waals surface area contributed by atoms with Crippen molar-refractivity contribution in [2.75, 3.05) is 6.61 Å². The molecule has 4 unspecified atom stereocenters. The van der Waals surface area contributed by atoms with Crippen molar-refractivity contribution in [1.82, 2.24) is 0 Å². The lowest BCUT2D eigenvalue weighted by molar-refractivity contribution is -0.259. The first-order valence-corrected chi connectivity index (χ1v) is 18.4. The van der Waals surface area contributed by atoms with Gasteiger partial charge in [0.25, 0.3) is 25.5 Å². The topological polar surface area (TPSA) is 169 Å². The predicted molar refractivity (Wildman–Crippen MR) is 163 cm³/mol. The van der Waals surface area contributed by atoms with Gasteiger partial charge in [-0.15, -0.1) is 0 Å². The normalized spacial score (nSPS) is 38.5. The minimum absolute atomic E-state index is 0.0426. The van der Waals surface area contributed by atoms with Crippen molar-refractivity contribution < 1.29 is 77.8 Å². The van der Waals surface area contributed by atoms with Crippen molar-refractivity contribution >= 4 is 35.5 Å². The number of ether oxygens (including phenoxy) is 5. The largest absolute Gasteiger partial charge is 0.497 e. The Kier molecular flexibility index (Phi) is 10.8. The molecular weight excluding hydrogens is 715 g/mol. The first-order valence-electron chi connectivity index (χ1n) is 17.0. The second-order valence-corrected chi connectivity index (χ2v) is 16.6. The van der Waals surface area contributed by atoms with Crippen LogP contribution in [0.3, 0.4) is 0 Å². The fourth-order valence-electron chi connectivity index (χ4n) is 10.7. The molecule has 0 spiro atoms. The van der Waals surface area contributed by atoms with E-state index in [2.05, 4.69) is 18.6 Å². The Labute approximate surface area is 291 Å². The van der Waals surface area contributed by atoms with E-state index in [-0.39, 0.29) is 47.0 Å². The van der Waals surface area contributed by atoms with Crippen molar-refractivity contribution in [1.29, 1.82) is 0 Å². The van der Waals surface area contributed by atoms with Crippen LogP contribution in [0.4, 0.5) is 22.0 Å². The summed E-state index contributed by atoms with van der Waals surface area (Å²) < 4.78 is 125. The van der Waals surface area contributed by atoms with Gasteiger partial charge in [-0.05, 0) is 85.5 Å². The molecule has 51 heavy (non-hydrogen) atoms. The maximum absolute atomic E-state index is 13.9. The Hall–Kier alpha value is -3.02. The van der Waals surface area contributed by atoms with Crippen LogP contribution in [-0.2, 0) is 53.0 Å². The highest BCUT2D eigenvalue weighted by atomic mass is 32.2. The smallest absolute Gasteiger partial charge is 0.432 e. The maximum Gasteiger partial charge on any atom is 0.432 e. The van der Waals surface area contributed by atoms with Crippen molar-refractivity contribution in [2.45, 2.75) is 114 Å². The highest BCUT2D eigenvalue weighted by molar-refractivity contribution is 7.86. The molecule has 0 aromatic heterocycles. The molecule has 5 aliphatic rings. The third-order valence-electron chi connectivity index (χ3n) is 12.9. The highest BCUT2D eigenvalue weighted by Crippen LogP contribution is 2.71. The molecule has 4 saturated carbocycles. The Morgan fingerprint density at radius 2 is 1.65 bits per heavy atom. The number of hydrogen-bond acceptors (Lipinski definition) is 11. The van der Waals surface area contributed by atoms with Crippen LogP contribution >= 0.6 is 0 Å². The molecule has 288 valence electrons. The number of hydrogen-bond donors (Lipinski definition) is 1. The van der Waals surface area contributed by atoms with Crippen LogP contribution in [0.15, 0.2) is 11.3 Å². The number of halogens is 5. The lowest BCUT2D eigenvalue weighted by Gasteiger charge is -2.63. The lowest BCUT2D eigenvalue weighted by Crippen LogP contribution is -2.63. The van der Waals surface area contributed by atoms with E-state index in [0.717, 1.165) is 12.0 Å². The maximum atomic E-state index is 13.9. The van der Waals surface area contributed by atoms with Gasteiger partial charge in [-0.1, -0.05) is 20.8 Å². The van der Waals surface area contributed by atoms with E-state index in [4.69, 9.17) is 23.5 Å². The third kappa shape index (κ3) is 6.83. The van der Waals surface area contributed by atoms with Gasteiger partial charge < -0.3 is 23.7 Å². The van der Waals surface area contributed by atoms with Gasteiger partial charge in [-0.3, -0.25) is 23.7 Å². The number of fused-ring (bicyclic) bond motifs is 7. The van der Waals surface area contributed by atoms with Crippen LogP contribution in [0.25, 0.3) is 0 Å². The molecule has 12 atom stereocenters. The van der Waals surface area contributed by atoms with E-state index in [1.807, 2.05) is 6.92 Å². The number of carbonyl (C=O) groups is 4. The van der Waals surface area contributed by atoms with E-state index < -0.39 is 64.3 Å². The lowest BCUT2D eigenvalue weighted by atomic mass is 9.43. The van der Waals surface area contributed by atoms with Gasteiger partial charge in [-0.25, -0.2) is 0 Å². The van der Waals surface area contributed by atoms with Crippen molar-refractivity contribution in [3.8, 4) is 0 Å². The molecule has 0 aromatic carbocycles. The van der Waals surface area contributed by atoms with Crippen LogP contribution in [-0.4, -0.2) is 80.8 Å². The van der Waals surface area contributed by atoms with Crippen LogP contribution < -0.4 is 0 Å². The molecule has 0 heterocycles. The van der Waals surface area contributed by atoms with Crippen LogP contribution in [0.1, 0.15) is 78.6 Å². The van der Waals surface area contributed by atoms with Crippen molar-refractivity contribution in [3.05, 3.63) is 11.3 Å². The van der Waals surface area contributed by atoms with Gasteiger partial charge in [-0.2, -0.15) is 30.4 Å². The zero-order valence-electron chi connectivity index (χ0n) is 28.3. The molecule has 1 N–H and O–H groups in total. The van der Waals surface area contributed by atoms with E-state index in [9.17, 15) is 49.5 Å². The second-order valence-electron chi connectivity index (χ2n) is 15.1. The molecule has 0 amide bonds. The zero-order valence-corrected chi connectivity index (χ0v) is 29.1. The van der Waals surface area contributed by atoms with Crippen molar-refractivity contribution in [3.63, 3.8) is 0 Å². The predicted octanol–water partition coefficient (Wildman–Crippen LogP) is 5.15.